The molecule has 0 bridgehead atoms. The van der Waals surface area contributed by atoms with Gasteiger partial charge in [0.05, 0.1) is 0 Å². The Kier molecular flexibility index (Phi) is 4.30. The van der Waals surface area contributed by atoms with Gasteiger partial charge in [0.2, 0.25) is 0 Å². The van der Waals surface area contributed by atoms with Gasteiger partial charge < -0.3 is 10.4 Å². The number of hydrogen-bond donors (Lipinski definition) is 2. The lowest BCUT2D eigenvalue weighted by Crippen LogP contribution is -2.34. The van der Waals surface area contributed by atoms with Gasteiger partial charge in [0.15, 0.2) is 0 Å². The second-order valence-electron chi connectivity index (χ2n) is 5.30. The molecule has 2 atom stereocenters. The molecule has 2 N–H and O–H groups in total. The van der Waals surface area contributed by atoms with Crippen LogP contribution in [0.15, 0.2) is 6.20 Å². The number of aliphatic hydroxyl groups excluding tert-OH is 1. The van der Waals surface area contributed by atoms with E-state index in [-0.39, 0.29) is 12.6 Å². The Labute approximate surface area is 109 Å². The lowest BCUT2D eigenvalue weighted by molar-refractivity contribution is 0.250. The molecule has 1 aliphatic rings. The molecule has 4 heteroatoms. The van der Waals surface area contributed by atoms with Crippen molar-refractivity contribution < 1.29 is 5.11 Å². The molecule has 18 heavy (non-hydrogen) atoms. The molecule has 1 fully saturated rings. The van der Waals surface area contributed by atoms with Crippen LogP contribution >= 0.6 is 0 Å². The summed E-state index contributed by atoms with van der Waals surface area (Å²) in [6.07, 6.45) is 5.32. The Hall–Kier alpha value is -1.00. The lowest BCUT2D eigenvalue weighted by atomic mass is 10.0. The zero-order valence-electron chi connectivity index (χ0n) is 11.5. The molecule has 0 saturated heterocycles. The number of hydrogen-bond acceptors (Lipinski definition) is 4. The fourth-order valence-electron chi connectivity index (χ4n) is 2.52. The summed E-state index contributed by atoms with van der Waals surface area (Å²) in [6.45, 7) is 6.34. The number of aliphatic hydroxyl groups is 1. The van der Waals surface area contributed by atoms with Crippen LogP contribution in [0.3, 0.4) is 0 Å². The molecule has 4 nitrogen and oxygen atoms in total. The van der Waals surface area contributed by atoms with Gasteiger partial charge in [-0.2, -0.15) is 0 Å². The molecule has 0 radical (unpaired) electrons. The maximum absolute atomic E-state index is 9.12. The molecule has 0 amide bonds. The van der Waals surface area contributed by atoms with Crippen molar-refractivity contribution in [1.82, 2.24) is 15.3 Å². The summed E-state index contributed by atoms with van der Waals surface area (Å²) < 4.78 is 0. The molecule has 0 aliphatic heterocycles. The van der Waals surface area contributed by atoms with Crippen molar-refractivity contribution in [2.75, 3.05) is 6.61 Å². The fourth-order valence-corrected chi connectivity index (χ4v) is 2.52. The number of nitrogens with one attached hydrogen (secondary N) is 1. The first kappa shape index (κ1) is 13.4. The SMILES string of the molecule is Cc1ncc(C(C)NC(CCO)C2CC2)c(C)n1. The highest BCUT2D eigenvalue weighted by molar-refractivity contribution is 5.20. The van der Waals surface area contributed by atoms with Gasteiger partial charge in [0, 0.05) is 36.1 Å². The Morgan fingerprint density at radius 2 is 2.17 bits per heavy atom. The predicted molar refractivity (Wildman–Crippen MR) is 71.3 cm³/mol. The molecule has 0 spiro atoms. The van der Waals surface area contributed by atoms with E-state index >= 15 is 0 Å². The van der Waals surface area contributed by atoms with Gasteiger partial charge in [-0.15, -0.1) is 0 Å². The van der Waals surface area contributed by atoms with E-state index in [0.29, 0.717) is 6.04 Å². The summed E-state index contributed by atoms with van der Waals surface area (Å²) in [6, 6.07) is 0.661. The molecular weight excluding hydrogens is 226 g/mol. The van der Waals surface area contributed by atoms with Gasteiger partial charge >= 0.3 is 0 Å². The maximum Gasteiger partial charge on any atom is 0.125 e. The number of rotatable bonds is 6. The molecule has 2 rings (SSSR count). The van der Waals surface area contributed by atoms with Gasteiger partial charge in [-0.1, -0.05) is 0 Å². The molecule has 1 saturated carbocycles. The van der Waals surface area contributed by atoms with Crippen LogP contribution in [0.4, 0.5) is 0 Å². The summed E-state index contributed by atoms with van der Waals surface area (Å²) in [5.41, 5.74) is 2.20. The minimum Gasteiger partial charge on any atom is -0.396 e. The zero-order chi connectivity index (χ0) is 13.1. The second-order valence-corrected chi connectivity index (χ2v) is 5.30. The van der Waals surface area contributed by atoms with Gasteiger partial charge in [-0.25, -0.2) is 9.97 Å². The third kappa shape index (κ3) is 3.27. The van der Waals surface area contributed by atoms with Crippen molar-refractivity contribution in [3.8, 4) is 0 Å². The first-order valence-corrected chi connectivity index (χ1v) is 6.79. The Bertz CT molecular complexity index is 404. The minimum atomic E-state index is 0.239. The van der Waals surface area contributed by atoms with Crippen molar-refractivity contribution in [3.63, 3.8) is 0 Å². The largest absolute Gasteiger partial charge is 0.396 e. The zero-order valence-corrected chi connectivity index (χ0v) is 11.5. The molecule has 0 aromatic carbocycles. The molecular formula is C14H23N3O. The van der Waals surface area contributed by atoms with Crippen LogP contribution < -0.4 is 5.32 Å². The first-order chi connectivity index (χ1) is 8.61. The van der Waals surface area contributed by atoms with Gasteiger partial charge in [0.1, 0.15) is 5.82 Å². The van der Waals surface area contributed by atoms with Gasteiger partial charge in [-0.05, 0) is 46.0 Å². The Balaban J connectivity index is 2.03. The Morgan fingerprint density at radius 1 is 1.44 bits per heavy atom. The average Bonchev–Trinajstić information content (AvgIpc) is 3.11. The molecule has 2 unspecified atom stereocenters. The summed E-state index contributed by atoms with van der Waals surface area (Å²) in [5, 5.41) is 12.7. The molecule has 1 aromatic heterocycles. The maximum atomic E-state index is 9.12. The van der Waals surface area contributed by atoms with Crippen LogP contribution in [-0.4, -0.2) is 27.7 Å². The molecule has 1 heterocycles. The summed E-state index contributed by atoms with van der Waals surface area (Å²) in [5.74, 6) is 1.56. The number of nitrogens with zero attached hydrogens (tertiary/aromatic N) is 2. The van der Waals surface area contributed by atoms with E-state index in [1.54, 1.807) is 0 Å². The van der Waals surface area contributed by atoms with Gasteiger partial charge in [0.25, 0.3) is 0 Å². The molecule has 100 valence electrons. The number of aryl methyl sites for hydroxylation is 2. The third-order valence-electron chi connectivity index (χ3n) is 3.70. The van der Waals surface area contributed by atoms with Crippen LogP contribution in [0.25, 0.3) is 0 Å². The lowest BCUT2D eigenvalue weighted by Gasteiger charge is -2.23. The monoisotopic (exact) mass is 249 g/mol. The minimum absolute atomic E-state index is 0.239. The topological polar surface area (TPSA) is 58.0 Å². The van der Waals surface area contributed by atoms with E-state index in [4.69, 9.17) is 5.11 Å². The van der Waals surface area contributed by atoms with Crippen LogP contribution in [0.2, 0.25) is 0 Å². The van der Waals surface area contributed by atoms with Crippen molar-refractivity contribution in [1.29, 1.82) is 0 Å². The first-order valence-electron chi connectivity index (χ1n) is 6.79. The summed E-state index contributed by atoms with van der Waals surface area (Å²) >= 11 is 0. The quantitative estimate of drug-likeness (QED) is 0.808. The standard InChI is InChI=1S/C14H23N3O/c1-9-13(8-15-11(3)16-9)10(2)17-14(6-7-18)12-4-5-12/h8,10,12,14,17-18H,4-7H2,1-3H3. The average molecular weight is 249 g/mol. The predicted octanol–water partition coefficient (Wildman–Crippen LogP) is 1.91. The van der Waals surface area contributed by atoms with Crippen LogP contribution in [0.1, 0.15) is 49.3 Å². The van der Waals surface area contributed by atoms with E-state index in [9.17, 15) is 0 Å². The van der Waals surface area contributed by atoms with E-state index in [1.807, 2.05) is 20.0 Å². The number of aromatic nitrogens is 2. The summed E-state index contributed by atoms with van der Waals surface area (Å²) in [7, 11) is 0. The second kappa shape index (κ2) is 5.76. The van der Waals surface area contributed by atoms with Crippen LogP contribution in [0.5, 0.6) is 0 Å². The fraction of sp³-hybridized carbons (Fsp3) is 0.714. The third-order valence-corrected chi connectivity index (χ3v) is 3.70. The normalized spacial score (nSPS) is 18.7. The van der Waals surface area contributed by atoms with Crippen molar-refractivity contribution in [3.05, 3.63) is 23.3 Å². The summed E-state index contributed by atoms with van der Waals surface area (Å²) in [4.78, 5) is 8.68. The molecule has 1 aromatic rings. The van der Waals surface area contributed by atoms with E-state index in [2.05, 4.69) is 22.2 Å². The Morgan fingerprint density at radius 3 is 2.72 bits per heavy atom. The van der Waals surface area contributed by atoms with Crippen molar-refractivity contribution >= 4 is 0 Å². The van der Waals surface area contributed by atoms with Crippen LogP contribution in [-0.2, 0) is 0 Å². The van der Waals surface area contributed by atoms with E-state index < -0.39 is 0 Å². The van der Waals surface area contributed by atoms with Crippen molar-refractivity contribution in [2.45, 2.75) is 52.1 Å². The highest BCUT2D eigenvalue weighted by atomic mass is 16.3. The highest BCUT2D eigenvalue weighted by Crippen LogP contribution is 2.35. The van der Waals surface area contributed by atoms with E-state index in [0.717, 1.165) is 29.4 Å². The van der Waals surface area contributed by atoms with Crippen LogP contribution in [0, 0.1) is 19.8 Å². The van der Waals surface area contributed by atoms with Crippen molar-refractivity contribution in [2.24, 2.45) is 5.92 Å². The highest BCUT2D eigenvalue weighted by Gasteiger charge is 2.31. The molecule has 1 aliphatic carbocycles. The smallest absolute Gasteiger partial charge is 0.125 e. The van der Waals surface area contributed by atoms with Gasteiger partial charge in [-0.3, -0.25) is 0 Å². The van der Waals surface area contributed by atoms with E-state index in [1.165, 1.54) is 12.8 Å².